The normalized spacial score (nSPS) is 17.9. The Bertz CT molecular complexity index is 1230. The molecule has 3 aromatic rings. The molecular weight excluding hydrogens is 439 g/mol. The smallest absolute Gasteiger partial charge is 0.293 e. The van der Waals surface area contributed by atoms with E-state index in [9.17, 15) is 18.8 Å². The van der Waals surface area contributed by atoms with Crippen molar-refractivity contribution in [3.8, 4) is 0 Å². The van der Waals surface area contributed by atoms with Gasteiger partial charge in [0.1, 0.15) is 11.2 Å². The predicted octanol–water partition coefficient (Wildman–Crippen LogP) is 4.36. The number of pyridine rings is 1. The van der Waals surface area contributed by atoms with Gasteiger partial charge in [0.25, 0.3) is 5.91 Å². The summed E-state index contributed by atoms with van der Waals surface area (Å²) >= 11 is 0. The number of halogens is 1. The molecule has 0 unspecified atom stereocenters. The number of rotatable bonds is 5. The van der Waals surface area contributed by atoms with Gasteiger partial charge in [-0.2, -0.15) is 4.39 Å². The summed E-state index contributed by atoms with van der Waals surface area (Å²) < 4.78 is 19.6. The highest BCUT2D eigenvalue weighted by atomic mass is 19.1. The molecule has 1 aromatic carbocycles. The Morgan fingerprint density at radius 3 is 2.26 bits per heavy atom. The number of hydrogen-bond acceptors (Lipinski definition) is 5. The lowest BCUT2D eigenvalue weighted by Crippen LogP contribution is -2.35. The minimum absolute atomic E-state index is 0.0376. The number of nitrogens with zero attached hydrogens (tertiary/aromatic N) is 2. The van der Waals surface area contributed by atoms with Crippen molar-refractivity contribution in [1.29, 1.82) is 0 Å². The van der Waals surface area contributed by atoms with Crippen LogP contribution >= 0.6 is 0 Å². The quantitative estimate of drug-likeness (QED) is 0.544. The van der Waals surface area contributed by atoms with Crippen LogP contribution in [-0.2, 0) is 9.59 Å². The summed E-state index contributed by atoms with van der Waals surface area (Å²) in [5.41, 5.74) is 1.88. The second-order valence-corrected chi connectivity index (χ2v) is 8.88. The van der Waals surface area contributed by atoms with Gasteiger partial charge in [-0.25, -0.2) is 4.98 Å². The molecule has 1 saturated carbocycles. The van der Waals surface area contributed by atoms with Gasteiger partial charge >= 0.3 is 0 Å². The number of carbonyl (C=O) groups excluding carboxylic acids is 3. The molecule has 0 aliphatic heterocycles. The molecule has 1 aliphatic rings. The first kappa shape index (κ1) is 23.4. The maximum Gasteiger partial charge on any atom is 0.293 e. The van der Waals surface area contributed by atoms with Crippen molar-refractivity contribution in [3.05, 3.63) is 53.7 Å². The van der Waals surface area contributed by atoms with Gasteiger partial charge in [-0.1, -0.05) is 17.7 Å². The predicted molar refractivity (Wildman–Crippen MR) is 126 cm³/mol. The Morgan fingerprint density at radius 1 is 0.971 bits per heavy atom. The van der Waals surface area contributed by atoms with Crippen molar-refractivity contribution in [3.63, 3.8) is 0 Å². The van der Waals surface area contributed by atoms with Crippen molar-refractivity contribution < 1.29 is 23.2 Å². The zero-order valence-corrected chi connectivity index (χ0v) is 19.4. The van der Waals surface area contributed by atoms with Gasteiger partial charge in [-0.05, 0) is 56.9 Å². The molecule has 8 nitrogen and oxygen atoms in total. The molecule has 178 valence electrons. The monoisotopic (exact) mass is 466 g/mol. The molecule has 2 aromatic heterocycles. The van der Waals surface area contributed by atoms with Gasteiger partial charge in [0, 0.05) is 31.6 Å². The Morgan fingerprint density at radius 2 is 1.62 bits per heavy atom. The third-order valence-electron chi connectivity index (χ3n) is 6.15. The summed E-state index contributed by atoms with van der Waals surface area (Å²) in [4.78, 5) is 43.7. The zero-order chi connectivity index (χ0) is 24.4. The number of fused-ring (bicyclic) bond motifs is 1. The van der Waals surface area contributed by atoms with Crippen molar-refractivity contribution in [2.24, 2.45) is 11.8 Å². The number of anilines is 2. The molecule has 1 aliphatic carbocycles. The maximum absolute atomic E-state index is 13.9. The van der Waals surface area contributed by atoms with Crippen LogP contribution in [0.3, 0.4) is 0 Å². The topological polar surface area (TPSA) is 105 Å². The van der Waals surface area contributed by atoms with Crippen molar-refractivity contribution in [2.45, 2.75) is 32.6 Å². The van der Waals surface area contributed by atoms with Crippen LogP contribution in [0.15, 0.2) is 40.8 Å². The highest BCUT2D eigenvalue weighted by molar-refractivity contribution is 6.13. The molecule has 0 atom stereocenters. The molecule has 9 heteroatoms. The van der Waals surface area contributed by atoms with Gasteiger partial charge in [0.05, 0.1) is 0 Å². The molecule has 2 heterocycles. The fraction of sp³-hybridized carbons (Fsp3) is 0.360. The van der Waals surface area contributed by atoms with Crippen LogP contribution in [0.2, 0.25) is 0 Å². The van der Waals surface area contributed by atoms with E-state index in [0.29, 0.717) is 31.4 Å². The van der Waals surface area contributed by atoms with E-state index in [1.807, 2.05) is 19.1 Å². The van der Waals surface area contributed by atoms with E-state index in [1.54, 1.807) is 31.1 Å². The van der Waals surface area contributed by atoms with Gasteiger partial charge in [-0.3, -0.25) is 14.4 Å². The number of hydrogen-bond donors (Lipinski definition) is 2. The Labute approximate surface area is 196 Å². The van der Waals surface area contributed by atoms with Crippen LogP contribution < -0.4 is 10.6 Å². The van der Waals surface area contributed by atoms with Crippen molar-refractivity contribution in [1.82, 2.24) is 9.88 Å². The first-order valence-electron chi connectivity index (χ1n) is 11.2. The number of benzene rings is 1. The fourth-order valence-electron chi connectivity index (χ4n) is 4.25. The molecule has 0 spiro atoms. The second kappa shape index (κ2) is 9.62. The summed E-state index contributed by atoms with van der Waals surface area (Å²) in [7, 11) is 3.45. The highest BCUT2D eigenvalue weighted by Gasteiger charge is 2.32. The minimum atomic E-state index is -0.753. The highest BCUT2D eigenvalue weighted by Crippen LogP contribution is 2.34. The lowest BCUT2D eigenvalue weighted by molar-refractivity contribution is -0.135. The van der Waals surface area contributed by atoms with E-state index in [0.717, 1.165) is 11.6 Å². The Hall–Kier alpha value is -3.75. The van der Waals surface area contributed by atoms with E-state index < -0.39 is 11.9 Å². The summed E-state index contributed by atoms with van der Waals surface area (Å²) in [5.74, 6) is -2.17. The van der Waals surface area contributed by atoms with E-state index in [4.69, 9.17) is 4.42 Å². The molecule has 3 amide bonds. The molecule has 1 fully saturated rings. The standard InChI is InChI=1S/C25H27FN4O4/c1-14-4-10-17(11-5-14)27-24(32)22-21(20-18(34-22)12-13-19(26)28-20)29-23(31)15-6-8-16(9-7-15)25(33)30(2)3/h4-5,10-13,15-16H,6-9H2,1-3H3,(H,27,32)(H,29,31)/t15-,16-. The zero-order valence-electron chi connectivity index (χ0n) is 19.4. The Balaban J connectivity index is 1.55. The van der Waals surface area contributed by atoms with E-state index in [-0.39, 0.29) is 46.2 Å². The number of amides is 3. The molecular formula is C25H27FN4O4. The van der Waals surface area contributed by atoms with Crippen molar-refractivity contribution >= 4 is 40.2 Å². The molecule has 34 heavy (non-hydrogen) atoms. The fourth-order valence-corrected chi connectivity index (χ4v) is 4.25. The third-order valence-corrected chi connectivity index (χ3v) is 6.15. The number of aromatic nitrogens is 1. The maximum atomic E-state index is 13.9. The van der Waals surface area contributed by atoms with Gasteiger partial charge in [0.2, 0.25) is 23.5 Å². The average Bonchev–Trinajstić information content (AvgIpc) is 3.17. The van der Waals surface area contributed by atoms with E-state index in [1.165, 1.54) is 6.07 Å². The number of aryl methyl sites for hydroxylation is 1. The van der Waals surface area contributed by atoms with Crippen LogP contribution in [0, 0.1) is 24.7 Å². The third kappa shape index (κ3) is 4.93. The molecule has 2 N–H and O–H groups in total. The summed E-state index contributed by atoms with van der Waals surface area (Å²) in [6, 6.07) is 9.70. The molecule has 0 bridgehead atoms. The summed E-state index contributed by atoms with van der Waals surface area (Å²) in [6.45, 7) is 1.93. The van der Waals surface area contributed by atoms with Crippen LogP contribution in [0.4, 0.5) is 15.8 Å². The lowest BCUT2D eigenvalue weighted by Gasteiger charge is -2.28. The first-order valence-corrected chi connectivity index (χ1v) is 11.2. The molecule has 0 saturated heterocycles. The number of nitrogens with one attached hydrogen (secondary N) is 2. The Kier molecular flexibility index (Phi) is 6.63. The SMILES string of the molecule is Cc1ccc(NC(=O)c2oc3ccc(F)nc3c2NC(=O)[C@H]2CC[C@H](C(=O)N(C)C)CC2)cc1. The van der Waals surface area contributed by atoms with Crippen LogP contribution in [0.25, 0.3) is 11.1 Å². The second-order valence-electron chi connectivity index (χ2n) is 8.88. The molecule has 0 radical (unpaired) electrons. The van der Waals surface area contributed by atoms with Gasteiger partial charge in [-0.15, -0.1) is 0 Å². The van der Waals surface area contributed by atoms with Crippen LogP contribution in [0.5, 0.6) is 0 Å². The average molecular weight is 467 g/mol. The summed E-state index contributed by atoms with van der Waals surface area (Å²) in [6.07, 6.45) is 2.29. The largest absolute Gasteiger partial charge is 0.447 e. The van der Waals surface area contributed by atoms with Gasteiger partial charge in [0.15, 0.2) is 5.58 Å². The molecule has 4 rings (SSSR count). The first-order chi connectivity index (χ1) is 16.2. The minimum Gasteiger partial charge on any atom is -0.447 e. The number of furan rings is 1. The lowest BCUT2D eigenvalue weighted by atomic mass is 9.81. The van der Waals surface area contributed by atoms with Crippen LogP contribution in [0.1, 0.15) is 41.8 Å². The van der Waals surface area contributed by atoms with Crippen LogP contribution in [-0.4, -0.2) is 41.7 Å². The van der Waals surface area contributed by atoms with Crippen molar-refractivity contribution in [2.75, 3.05) is 24.7 Å². The summed E-state index contributed by atoms with van der Waals surface area (Å²) in [5, 5.41) is 5.49. The van der Waals surface area contributed by atoms with E-state index in [2.05, 4.69) is 15.6 Å². The van der Waals surface area contributed by atoms with E-state index >= 15 is 0 Å². The number of carbonyl (C=O) groups is 3. The van der Waals surface area contributed by atoms with Gasteiger partial charge < -0.3 is 20.0 Å².